The Balaban J connectivity index is 2.46. The summed E-state index contributed by atoms with van der Waals surface area (Å²) in [5, 5.41) is 10.6. The molecule has 1 rings (SSSR count). The lowest BCUT2D eigenvalue weighted by atomic mass is 9.91. The molecular weight excluding hydrogens is 381 g/mol. The van der Waals surface area contributed by atoms with E-state index in [1.807, 2.05) is 0 Å². The van der Waals surface area contributed by atoms with Gasteiger partial charge >= 0.3 is 6.18 Å². The number of ether oxygens (including phenoxy) is 2. The Morgan fingerprint density at radius 1 is 0.828 bits per heavy atom. The first-order valence-electron chi connectivity index (χ1n) is 10.8. The lowest BCUT2D eigenvalue weighted by Gasteiger charge is -2.33. The van der Waals surface area contributed by atoms with Gasteiger partial charge in [0.15, 0.2) is 0 Å². The summed E-state index contributed by atoms with van der Waals surface area (Å²) in [5.41, 5.74) is 0.268. The molecule has 0 heterocycles. The molecule has 0 bridgehead atoms. The number of aliphatic hydroxyl groups is 1. The molecule has 29 heavy (non-hydrogen) atoms. The fourth-order valence-electron chi connectivity index (χ4n) is 3.68. The van der Waals surface area contributed by atoms with Crippen LogP contribution in [0.1, 0.15) is 82.3 Å². The minimum atomic E-state index is -4.30. The summed E-state index contributed by atoms with van der Waals surface area (Å²) in [6.07, 6.45) is 6.72. The molecule has 1 aromatic carbocycles. The van der Waals surface area contributed by atoms with Gasteiger partial charge in [-0.25, -0.2) is 0 Å². The van der Waals surface area contributed by atoms with Crippen molar-refractivity contribution in [2.24, 2.45) is 5.92 Å². The fraction of sp³-hybridized carbons (Fsp3) is 0.739. The Morgan fingerprint density at radius 3 is 1.86 bits per heavy atom. The molecular formula is C23H37F3O3. The van der Waals surface area contributed by atoms with Crippen molar-refractivity contribution in [3.05, 3.63) is 35.4 Å². The summed E-state index contributed by atoms with van der Waals surface area (Å²) in [6, 6.07) is 5.34. The Kier molecular flexibility index (Phi) is 11.8. The van der Waals surface area contributed by atoms with E-state index >= 15 is 0 Å². The maximum Gasteiger partial charge on any atom is 0.416 e. The van der Waals surface area contributed by atoms with E-state index in [9.17, 15) is 18.3 Å². The molecule has 0 aliphatic rings. The second kappa shape index (κ2) is 13.2. The first kappa shape index (κ1) is 25.9. The molecule has 0 aromatic heterocycles. The third-order valence-corrected chi connectivity index (χ3v) is 5.56. The summed E-state index contributed by atoms with van der Waals surface area (Å²) in [7, 11) is 2.89. The Morgan fingerprint density at radius 2 is 1.34 bits per heavy atom. The average molecular weight is 419 g/mol. The van der Waals surface area contributed by atoms with Gasteiger partial charge in [-0.05, 0) is 43.4 Å². The van der Waals surface area contributed by atoms with Crippen LogP contribution in [0, 0.1) is 5.92 Å². The zero-order chi connectivity index (χ0) is 21.8. The third-order valence-electron chi connectivity index (χ3n) is 5.56. The van der Waals surface area contributed by atoms with Gasteiger partial charge in [0.2, 0.25) is 0 Å². The lowest BCUT2D eigenvalue weighted by molar-refractivity contribution is -0.369. The number of hydrogen-bond acceptors (Lipinski definition) is 3. The van der Waals surface area contributed by atoms with Gasteiger partial charge in [0, 0.05) is 20.1 Å². The maximum atomic E-state index is 12.6. The van der Waals surface area contributed by atoms with Crippen LogP contribution in [0.4, 0.5) is 13.2 Å². The van der Waals surface area contributed by atoms with Crippen molar-refractivity contribution < 1.29 is 27.8 Å². The van der Waals surface area contributed by atoms with Crippen LogP contribution >= 0.6 is 0 Å². The molecule has 168 valence electrons. The zero-order valence-corrected chi connectivity index (χ0v) is 18.1. The van der Waals surface area contributed by atoms with Crippen molar-refractivity contribution in [3.8, 4) is 0 Å². The molecule has 0 aliphatic heterocycles. The highest BCUT2D eigenvalue weighted by atomic mass is 19.4. The number of unbranched alkanes of at least 4 members (excludes halogenated alkanes) is 6. The molecule has 1 aromatic rings. The molecule has 0 saturated carbocycles. The first-order valence-corrected chi connectivity index (χ1v) is 10.8. The van der Waals surface area contributed by atoms with Crippen LogP contribution in [-0.2, 0) is 22.1 Å². The van der Waals surface area contributed by atoms with Crippen LogP contribution in [0.25, 0.3) is 0 Å². The van der Waals surface area contributed by atoms with Gasteiger partial charge in [-0.15, -0.1) is 0 Å². The molecule has 0 aliphatic carbocycles. The minimum Gasteiger partial charge on any atom is -0.343 e. The second-order valence-electron chi connectivity index (χ2n) is 7.73. The number of aryl methyl sites for hydroxylation is 1. The van der Waals surface area contributed by atoms with Crippen LogP contribution in [0.5, 0.6) is 0 Å². The van der Waals surface area contributed by atoms with Crippen molar-refractivity contribution in [2.75, 3.05) is 14.2 Å². The molecule has 0 spiro atoms. The molecule has 0 radical (unpaired) electrons. The van der Waals surface area contributed by atoms with Crippen molar-refractivity contribution in [3.63, 3.8) is 0 Å². The smallest absolute Gasteiger partial charge is 0.343 e. The molecule has 3 nitrogen and oxygen atoms in total. The first-order chi connectivity index (χ1) is 13.8. The Hall–Kier alpha value is -1.11. The topological polar surface area (TPSA) is 38.7 Å². The molecule has 6 heteroatoms. The Labute approximate surface area is 173 Å². The van der Waals surface area contributed by atoms with E-state index < -0.39 is 17.7 Å². The summed E-state index contributed by atoms with van der Waals surface area (Å²) >= 11 is 0. The van der Waals surface area contributed by atoms with Crippen LogP contribution in [0.15, 0.2) is 24.3 Å². The molecule has 0 saturated heterocycles. The number of alkyl halides is 3. The third kappa shape index (κ3) is 9.49. The van der Waals surface area contributed by atoms with Crippen molar-refractivity contribution in [2.45, 2.75) is 89.7 Å². The van der Waals surface area contributed by atoms with E-state index in [1.54, 1.807) is 0 Å². The van der Waals surface area contributed by atoms with E-state index in [1.165, 1.54) is 52.0 Å². The summed E-state index contributed by atoms with van der Waals surface area (Å²) in [5.74, 6) is -1.71. The normalized spacial score (nSPS) is 13.6. The van der Waals surface area contributed by atoms with Gasteiger partial charge in [-0.3, -0.25) is 0 Å². The molecule has 0 amide bonds. The van der Waals surface area contributed by atoms with Crippen LogP contribution in [0.2, 0.25) is 0 Å². The largest absolute Gasteiger partial charge is 0.416 e. The molecule has 1 unspecified atom stereocenters. The maximum absolute atomic E-state index is 12.6. The quantitative estimate of drug-likeness (QED) is 0.254. The van der Waals surface area contributed by atoms with E-state index in [2.05, 4.69) is 6.92 Å². The second-order valence-corrected chi connectivity index (χ2v) is 7.73. The highest BCUT2D eigenvalue weighted by Crippen LogP contribution is 2.31. The molecule has 1 atom stereocenters. The number of halogens is 3. The van der Waals surface area contributed by atoms with Crippen LogP contribution in [0.3, 0.4) is 0 Å². The van der Waals surface area contributed by atoms with Crippen LogP contribution < -0.4 is 0 Å². The number of methoxy groups -OCH3 is 2. The molecule has 1 N–H and O–H groups in total. The molecule has 0 fully saturated rings. The van der Waals surface area contributed by atoms with Gasteiger partial charge in [0.05, 0.1) is 5.56 Å². The predicted octanol–water partition coefficient (Wildman–Crippen LogP) is 6.72. The summed E-state index contributed by atoms with van der Waals surface area (Å²) < 4.78 is 48.4. The van der Waals surface area contributed by atoms with E-state index in [-0.39, 0.29) is 5.92 Å². The highest BCUT2D eigenvalue weighted by molar-refractivity contribution is 5.24. The number of rotatable bonds is 15. The van der Waals surface area contributed by atoms with Crippen molar-refractivity contribution >= 4 is 0 Å². The minimum absolute atomic E-state index is 0.128. The van der Waals surface area contributed by atoms with Gasteiger partial charge in [-0.2, -0.15) is 13.2 Å². The standard InChI is InChI=1S/C23H37F3O3/c1-4-5-6-7-8-9-13-21(23(27,28-2)29-3)14-11-10-12-19-15-17-20(18-16-19)22(24,25)26/h15-18,21,27H,4-14H2,1-3H3. The van der Waals surface area contributed by atoms with Crippen LogP contribution in [-0.4, -0.2) is 25.3 Å². The van der Waals surface area contributed by atoms with Gasteiger partial charge in [0.1, 0.15) is 0 Å². The Bertz CT molecular complexity index is 539. The SMILES string of the molecule is CCCCCCCCC(CCCCc1ccc(C(F)(F)F)cc1)C(O)(OC)OC. The lowest BCUT2D eigenvalue weighted by Crippen LogP contribution is -2.42. The van der Waals surface area contributed by atoms with Crippen molar-refractivity contribution in [1.29, 1.82) is 0 Å². The summed E-state index contributed by atoms with van der Waals surface area (Å²) in [4.78, 5) is 0. The van der Waals surface area contributed by atoms with Gasteiger partial charge in [-0.1, -0.05) is 64.0 Å². The van der Waals surface area contributed by atoms with E-state index in [0.29, 0.717) is 6.42 Å². The van der Waals surface area contributed by atoms with Gasteiger partial charge in [0.25, 0.3) is 5.97 Å². The summed E-state index contributed by atoms with van der Waals surface area (Å²) in [6.45, 7) is 2.19. The number of benzene rings is 1. The number of hydrogen-bond donors (Lipinski definition) is 1. The predicted molar refractivity (Wildman–Crippen MR) is 109 cm³/mol. The monoisotopic (exact) mass is 418 g/mol. The van der Waals surface area contributed by atoms with Crippen molar-refractivity contribution in [1.82, 2.24) is 0 Å². The average Bonchev–Trinajstić information content (AvgIpc) is 2.71. The fourth-order valence-corrected chi connectivity index (χ4v) is 3.68. The zero-order valence-electron chi connectivity index (χ0n) is 18.1. The highest BCUT2D eigenvalue weighted by Gasteiger charge is 2.36. The van der Waals surface area contributed by atoms with E-state index in [4.69, 9.17) is 9.47 Å². The van der Waals surface area contributed by atoms with Gasteiger partial charge < -0.3 is 14.6 Å². The van der Waals surface area contributed by atoms with E-state index in [0.717, 1.165) is 56.2 Å².